The Morgan fingerprint density at radius 1 is 1.56 bits per heavy atom. The molecule has 1 saturated heterocycles. The first kappa shape index (κ1) is 11.9. The van der Waals surface area contributed by atoms with E-state index in [1.807, 2.05) is 0 Å². The van der Waals surface area contributed by atoms with E-state index in [1.54, 1.807) is 11.8 Å². The van der Waals surface area contributed by atoms with Crippen molar-refractivity contribution in [2.75, 3.05) is 5.75 Å². The summed E-state index contributed by atoms with van der Waals surface area (Å²) in [5, 5.41) is 0.553. The maximum absolute atomic E-state index is 13.0. The second kappa shape index (κ2) is 5.19. The number of carbonyl (C=O) groups is 1. The molecule has 1 aromatic carbocycles. The van der Waals surface area contributed by atoms with Crippen molar-refractivity contribution in [1.29, 1.82) is 0 Å². The van der Waals surface area contributed by atoms with Crippen LogP contribution in [-0.4, -0.2) is 16.8 Å². The summed E-state index contributed by atoms with van der Waals surface area (Å²) < 4.78 is 13.0. The van der Waals surface area contributed by atoms with Crippen LogP contribution in [0.2, 0.25) is 5.02 Å². The molecule has 4 heteroatoms. The summed E-state index contributed by atoms with van der Waals surface area (Å²) in [7, 11) is 0. The molecule has 1 heterocycles. The van der Waals surface area contributed by atoms with E-state index in [9.17, 15) is 9.18 Å². The van der Waals surface area contributed by atoms with Crippen LogP contribution in [0.25, 0.3) is 0 Å². The smallest absolute Gasteiger partial charge is 0.150 e. The lowest BCUT2D eigenvalue weighted by molar-refractivity contribution is -0.117. The summed E-state index contributed by atoms with van der Waals surface area (Å²) >= 11 is 7.61. The van der Waals surface area contributed by atoms with Crippen LogP contribution in [0.3, 0.4) is 0 Å². The zero-order valence-corrected chi connectivity index (χ0v) is 10.3. The van der Waals surface area contributed by atoms with Gasteiger partial charge in [0.15, 0.2) is 0 Å². The zero-order chi connectivity index (χ0) is 11.5. The van der Waals surface area contributed by atoms with Crippen molar-refractivity contribution in [3.8, 4) is 0 Å². The fourth-order valence-electron chi connectivity index (χ4n) is 1.81. The highest BCUT2D eigenvalue weighted by atomic mass is 35.5. The highest BCUT2D eigenvalue weighted by molar-refractivity contribution is 8.00. The number of hydrogen-bond donors (Lipinski definition) is 0. The molecule has 1 nitrogen and oxygen atoms in total. The van der Waals surface area contributed by atoms with E-state index in [0.717, 1.165) is 18.6 Å². The lowest BCUT2D eigenvalue weighted by Crippen LogP contribution is -2.16. The molecule has 0 bridgehead atoms. The molecular formula is C12H12ClFOS. The normalized spacial score (nSPS) is 20.0. The van der Waals surface area contributed by atoms with Crippen LogP contribution in [0.4, 0.5) is 4.39 Å². The Morgan fingerprint density at radius 3 is 3.06 bits per heavy atom. The highest BCUT2D eigenvalue weighted by Gasteiger charge is 2.23. The number of ketones is 1. The first-order valence-corrected chi connectivity index (χ1v) is 6.68. The number of Topliss-reactive ketones (excluding diaryl/α,β-unsaturated/α-hetero) is 1. The molecule has 0 saturated carbocycles. The fraction of sp³-hybridized carbons (Fsp3) is 0.417. The molecular weight excluding hydrogens is 247 g/mol. The molecule has 1 fully saturated rings. The Bertz CT molecular complexity index is 402. The van der Waals surface area contributed by atoms with Gasteiger partial charge >= 0.3 is 0 Å². The molecule has 0 aliphatic carbocycles. The molecule has 0 spiro atoms. The Kier molecular flexibility index (Phi) is 3.87. The molecule has 1 atom stereocenters. The van der Waals surface area contributed by atoms with Crippen LogP contribution < -0.4 is 0 Å². The molecule has 16 heavy (non-hydrogen) atoms. The fourth-order valence-corrected chi connectivity index (χ4v) is 3.22. The van der Waals surface area contributed by atoms with E-state index in [2.05, 4.69) is 0 Å². The zero-order valence-electron chi connectivity index (χ0n) is 8.71. The second-order valence-electron chi connectivity index (χ2n) is 3.88. The molecule has 1 unspecified atom stereocenters. The molecule has 1 aliphatic heterocycles. The van der Waals surface area contributed by atoms with Gasteiger partial charge in [-0.25, -0.2) is 4.39 Å². The third-order valence-electron chi connectivity index (χ3n) is 2.66. The summed E-state index contributed by atoms with van der Waals surface area (Å²) in [4.78, 5) is 11.9. The minimum absolute atomic E-state index is 0.0827. The van der Waals surface area contributed by atoms with Gasteiger partial charge < -0.3 is 0 Å². The van der Waals surface area contributed by atoms with E-state index in [4.69, 9.17) is 11.6 Å². The number of rotatable bonds is 3. The Hall–Kier alpha value is -0.540. The number of benzene rings is 1. The van der Waals surface area contributed by atoms with Gasteiger partial charge in [-0.1, -0.05) is 11.6 Å². The molecule has 0 N–H and O–H groups in total. The average molecular weight is 259 g/mol. The molecule has 1 aromatic rings. The van der Waals surface area contributed by atoms with Crippen molar-refractivity contribution in [3.05, 3.63) is 34.6 Å². The van der Waals surface area contributed by atoms with Gasteiger partial charge in [-0.15, -0.1) is 0 Å². The Labute approximate surface area is 103 Å². The lowest BCUT2D eigenvalue weighted by Gasteiger charge is -2.08. The lowest BCUT2D eigenvalue weighted by atomic mass is 10.0. The molecule has 0 amide bonds. The number of thioether (sulfide) groups is 1. The quantitative estimate of drug-likeness (QED) is 0.826. The van der Waals surface area contributed by atoms with Gasteiger partial charge in [0.25, 0.3) is 0 Å². The van der Waals surface area contributed by atoms with Gasteiger partial charge in [-0.2, -0.15) is 11.8 Å². The summed E-state index contributed by atoms with van der Waals surface area (Å²) in [5.41, 5.74) is 0.596. The molecule has 86 valence electrons. The van der Waals surface area contributed by atoms with Gasteiger partial charge in [0.1, 0.15) is 11.6 Å². The van der Waals surface area contributed by atoms with Gasteiger partial charge in [-0.05, 0) is 42.4 Å². The monoisotopic (exact) mass is 258 g/mol. The van der Waals surface area contributed by atoms with Gasteiger partial charge in [0, 0.05) is 11.4 Å². The topological polar surface area (TPSA) is 17.1 Å². The summed E-state index contributed by atoms with van der Waals surface area (Å²) in [6, 6.07) is 4.15. The van der Waals surface area contributed by atoms with Crippen molar-refractivity contribution in [2.24, 2.45) is 0 Å². The third kappa shape index (κ3) is 2.77. The summed E-state index contributed by atoms with van der Waals surface area (Å²) in [6.45, 7) is 0. The Balaban J connectivity index is 2.07. The first-order chi connectivity index (χ1) is 7.66. The average Bonchev–Trinajstić information content (AvgIpc) is 2.76. The van der Waals surface area contributed by atoms with Gasteiger partial charge in [0.2, 0.25) is 0 Å². The van der Waals surface area contributed by atoms with E-state index in [-0.39, 0.29) is 23.3 Å². The number of carbonyl (C=O) groups excluding carboxylic acids is 1. The van der Waals surface area contributed by atoms with E-state index >= 15 is 0 Å². The maximum atomic E-state index is 13.0. The molecule has 1 aliphatic rings. The molecule has 0 aromatic heterocycles. The van der Waals surface area contributed by atoms with Crippen LogP contribution in [-0.2, 0) is 11.2 Å². The third-order valence-corrected chi connectivity index (χ3v) is 4.46. The molecule has 0 radical (unpaired) electrons. The predicted octanol–water partition coefficient (Wildman–Crippen LogP) is 3.49. The Morgan fingerprint density at radius 2 is 2.38 bits per heavy atom. The van der Waals surface area contributed by atoms with Gasteiger partial charge in [-0.3, -0.25) is 4.79 Å². The standard InChI is InChI=1S/C12H12ClFOS/c13-10-4-3-9(14)6-8(10)7-11(15)12-2-1-5-16-12/h3-4,6,12H,1-2,5,7H2. The second-order valence-corrected chi connectivity index (χ2v) is 5.60. The number of hydrogen-bond acceptors (Lipinski definition) is 2. The van der Waals surface area contributed by atoms with Crippen LogP contribution >= 0.6 is 23.4 Å². The van der Waals surface area contributed by atoms with Crippen molar-refractivity contribution in [3.63, 3.8) is 0 Å². The maximum Gasteiger partial charge on any atom is 0.150 e. The first-order valence-electron chi connectivity index (χ1n) is 5.25. The van der Waals surface area contributed by atoms with E-state index in [1.165, 1.54) is 18.2 Å². The number of halogens is 2. The van der Waals surface area contributed by atoms with Crippen molar-refractivity contribution in [1.82, 2.24) is 0 Å². The van der Waals surface area contributed by atoms with E-state index in [0.29, 0.717) is 10.6 Å². The predicted molar refractivity (Wildman–Crippen MR) is 65.6 cm³/mol. The van der Waals surface area contributed by atoms with Crippen LogP contribution in [0.15, 0.2) is 18.2 Å². The van der Waals surface area contributed by atoms with Crippen molar-refractivity contribution >= 4 is 29.1 Å². The minimum atomic E-state index is -0.341. The van der Waals surface area contributed by atoms with Crippen LogP contribution in [0, 0.1) is 5.82 Å². The van der Waals surface area contributed by atoms with Crippen LogP contribution in [0.5, 0.6) is 0 Å². The SMILES string of the molecule is O=C(Cc1cc(F)ccc1Cl)C1CCCS1. The van der Waals surface area contributed by atoms with Crippen LogP contribution in [0.1, 0.15) is 18.4 Å². The summed E-state index contributed by atoms with van der Waals surface area (Å²) in [6.07, 6.45) is 2.28. The van der Waals surface area contributed by atoms with E-state index < -0.39 is 0 Å². The summed E-state index contributed by atoms with van der Waals surface area (Å²) in [5.74, 6) is 0.870. The van der Waals surface area contributed by atoms with Crippen molar-refractivity contribution in [2.45, 2.75) is 24.5 Å². The van der Waals surface area contributed by atoms with Gasteiger partial charge in [0.05, 0.1) is 5.25 Å². The van der Waals surface area contributed by atoms with Crippen molar-refractivity contribution < 1.29 is 9.18 Å². The molecule has 2 rings (SSSR count). The minimum Gasteiger partial charge on any atom is -0.298 e. The highest BCUT2D eigenvalue weighted by Crippen LogP contribution is 2.28. The largest absolute Gasteiger partial charge is 0.298 e.